The summed E-state index contributed by atoms with van der Waals surface area (Å²) < 4.78 is 5.91. The van der Waals surface area contributed by atoms with E-state index >= 15 is 0 Å². The van der Waals surface area contributed by atoms with Gasteiger partial charge in [-0.25, -0.2) is 0 Å². The molecule has 25 heavy (non-hydrogen) atoms. The van der Waals surface area contributed by atoms with Crippen molar-refractivity contribution in [1.29, 1.82) is 0 Å². The van der Waals surface area contributed by atoms with E-state index in [1.807, 2.05) is 24.3 Å². The zero-order valence-electron chi connectivity index (χ0n) is 14.3. The summed E-state index contributed by atoms with van der Waals surface area (Å²) >= 11 is 0. The van der Waals surface area contributed by atoms with Crippen LogP contribution in [0.25, 0.3) is 11.4 Å². The van der Waals surface area contributed by atoms with Gasteiger partial charge in [-0.15, -0.1) is 10.2 Å². The minimum absolute atomic E-state index is 0.153. The Kier molecular flexibility index (Phi) is 4.94. The summed E-state index contributed by atoms with van der Waals surface area (Å²) in [5.41, 5.74) is 0.889. The quantitative estimate of drug-likeness (QED) is 0.780. The van der Waals surface area contributed by atoms with Crippen LogP contribution in [0.15, 0.2) is 24.3 Å². The number of aromatic amines is 1. The van der Waals surface area contributed by atoms with E-state index in [1.54, 1.807) is 0 Å². The monoisotopic (exact) mass is 343 g/mol. The molecule has 0 spiro atoms. The lowest BCUT2D eigenvalue weighted by Gasteiger charge is -2.30. The molecule has 0 radical (unpaired) electrons. The second-order valence-electron chi connectivity index (χ2n) is 7.00. The highest BCUT2D eigenvalue weighted by Gasteiger charge is 2.38. The first-order chi connectivity index (χ1) is 12.3. The van der Waals surface area contributed by atoms with E-state index in [1.165, 1.54) is 12.8 Å². The molecule has 3 heterocycles. The number of hydrogen-bond donors (Lipinski definition) is 2. The van der Waals surface area contributed by atoms with Crippen LogP contribution in [0, 0.1) is 0 Å². The predicted octanol–water partition coefficient (Wildman–Crippen LogP) is 2.01. The Morgan fingerprint density at radius 1 is 1.24 bits per heavy atom. The average molecular weight is 343 g/mol. The molecule has 2 aliphatic heterocycles. The Morgan fingerprint density at radius 3 is 3.08 bits per heavy atom. The Balaban J connectivity index is 1.29. The highest BCUT2D eigenvalue weighted by Crippen LogP contribution is 2.34. The number of tetrazole rings is 1. The Morgan fingerprint density at radius 2 is 2.20 bits per heavy atom. The summed E-state index contributed by atoms with van der Waals surface area (Å²) in [6, 6.07) is 8.77. The number of hydrogen-bond acceptors (Lipinski definition) is 6. The molecule has 0 aliphatic carbocycles. The van der Waals surface area contributed by atoms with Crippen LogP contribution in [0.4, 0.5) is 0 Å². The third-order valence-corrected chi connectivity index (χ3v) is 5.44. The van der Waals surface area contributed by atoms with Crippen LogP contribution in [-0.2, 0) is 0 Å². The lowest BCUT2D eigenvalue weighted by molar-refractivity contribution is 0.0637. The van der Waals surface area contributed by atoms with Crippen molar-refractivity contribution in [2.45, 2.75) is 56.7 Å². The fourth-order valence-corrected chi connectivity index (χ4v) is 4.24. The van der Waals surface area contributed by atoms with Crippen LogP contribution < -0.4 is 4.74 Å². The molecule has 7 heteroatoms. The van der Waals surface area contributed by atoms with Crippen molar-refractivity contribution in [3.8, 4) is 17.1 Å². The molecule has 2 fully saturated rings. The van der Waals surface area contributed by atoms with Crippen molar-refractivity contribution in [2.24, 2.45) is 0 Å². The number of nitrogens with one attached hydrogen (secondary N) is 1. The van der Waals surface area contributed by atoms with Gasteiger partial charge in [-0.05, 0) is 55.9 Å². The zero-order valence-corrected chi connectivity index (χ0v) is 14.3. The lowest BCUT2D eigenvalue weighted by atomic mass is 9.99. The zero-order chi connectivity index (χ0) is 17.1. The summed E-state index contributed by atoms with van der Waals surface area (Å²) in [5, 5.41) is 24.3. The van der Waals surface area contributed by atoms with E-state index in [-0.39, 0.29) is 6.10 Å². The number of aliphatic hydroxyl groups excluding tert-OH is 1. The first kappa shape index (κ1) is 16.5. The summed E-state index contributed by atoms with van der Waals surface area (Å²) in [6.07, 6.45) is 6.51. The molecule has 4 rings (SSSR count). The van der Waals surface area contributed by atoms with Crippen LogP contribution in [0.3, 0.4) is 0 Å². The molecular formula is C18H25N5O2. The smallest absolute Gasteiger partial charge is 0.204 e. The largest absolute Gasteiger partial charge is 0.494 e. The first-order valence-electron chi connectivity index (χ1n) is 9.22. The van der Waals surface area contributed by atoms with Gasteiger partial charge in [0.25, 0.3) is 0 Å². The van der Waals surface area contributed by atoms with Crippen LogP contribution in [0.5, 0.6) is 5.75 Å². The summed E-state index contributed by atoms with van der Waals surface area (Å²) in [6.45, 7) is 1.67. The number of rotatable bonds is 6. The Bertz CT molecular complexity index is 678. The van der Waals surface area contributed by atoms with Gasteiger partial charge in [0.05, 0.1) is 12.7 Å². The normalized spacial score (nSPS) is 26.5. The van der Waals surface area contributed by atoms with Crippen LogP contribution in [-0.4, -0.2) is 62.0 Å². The number of fused-ring (bicyclic) bond motifs is 2. The van der Waals surface area contributed by atoms with E-state index in [0.717, 1.165) is 43.5 Å². The SMILES string of the molecule is OC1CCCC2CCC1N2CCCOc1cccc(-c2nn[nH]n2)c1. The van der Waals surface area contributed by atoms with Crippen molar-refractivity contribution in [3.05, 3.63) is 24.3 Å². The molecule has 2 bridgehead atoms. The van der Waals surface area contributed by atoms with Gasteiger partial charge in [0.1, 0.15) is 5.75 Å². The molecule has 0 saturated carbocycles. The minimum Gasteiger partial charge on any atom is -0.494 e. The molecule has 2 aliphatic rings. The number of benzene rings is 1. The van der Waals surface area contributed by atoms with E-state index in [9.17, 15) is 5.11 Å². The fraction of sp³-hybridized carbons (Fsp3) is 0.611. The van der Waals surface area contributed by atoms with Crippen LogP contribution >= 0.6 is 0 Å². The maximum absolute atomic E-state index is 10.3. The van der Waals surface area contributed by atoms with Crippen LogP contribution in [0.1, 0.15) is 38.5 Å². The lowest BCUT2D eigenvalue weighted by Crippen LogP contribution is -2.41. The number of H-pyrrole nitrogens is 1. The molecule has 2 N–H and O–H groups in total. The third-order valence-electron chi connectivity index (χ3n) is 5.44. The maximum atomic E-state index is 10.3. The van der Waals surface area contributed by atoms with Crippen molar-refractivity contribution >= 4 is 0 Å². The topological polar surface area (TPSA) is 87.2 Å². The van der Waals surface area contributed by atoms with Crippen molar-refractivity contribution in [2.75, 3.05) is 13.2 Å². The molecule has 3 atom stereocenters. The van der Waals surface area contributed by atoms with Crippen molar-refractivity contribution in [3.63, 3.8) is 0 Å². The van der Waals surface area contributed by atoms with Crippen molar-refractivity contribution in [1.82, 2.24) is 25.5 Å². The van der Waals surface area contributed by atoms with E-state index in [0.29, 0.717) is 24.5 Å². The second kappa shape index (κ2) is 7.49. The summed E-state index contributed by atoms with van der Waals surface area (Å²) in [4.78, 5) is 2.52. The Hall–Kier alpha value is -1.99. The van der Waals surface area contributed by atoms with Gasteiger partial charge in [-0.1, -0.05) is 12.1 Å². The van der Waals surface area contributed by atoms with Gasteiger partial charge in [-0.2, -0.15) is 5.21 Å². The molecule has 1 aromatic carbocycles. The van der Waals surface area contributed by atoms with E-state index < -0.39 is 0 Å². The number of ether oxygens (including phenoxy) is 1. The molecule has 134 valence electrons. The number of aromatic nitrogens is 4. The van der Waals surface area contributed by atoms with Gasteiger partial charge < -0.3 is 9.84 Å². The fourth-order valence-electron chi connectivity index (χ4n) is 4.24. The molecule has 2 aromatic rings. The predicted molar refractivity (Wildman–Crippen MR) is 93.1 cm³/mol. The molecule has 2 saturated heterocycles. The molecule has 7 nitrogen and oxygen atoms in total. The van der Waals surface area contributed by atoms with Gasteiger partial charge >= 0.3 is 0 Å². The van der Waals surface area contributed by atoms with E-state index in [2.05, 4.69) is 25.5 Å². The molecule has 1 aromatic heterocycles. The molecule has 0 amide bonds. The van der Waals surface area contributed by atoms with Gasteiger partial charge in [0.2, 0.25) is 5.82 Å². The first-order valence-corrected chi connectivity index (χ1v) is 9.22. The standard InChI is InChI=1S/C18H25N5O2/c24-17-7-2-5-14-8-9-16(17)23(14)10-3-11-25-15-6-1-4-13(12-15)18-19-21-22-20-18/h1,4,6,12,14,16-17,24H,2-3,5,7-11H2,(H,19,20,21,22). The summed E-state index contributed by atoms with van der Waals surface area (Å²) in [5.74, 6) is 1.39. The van der Waals surface area contributed by atoms with Gasteiger partial charge in [0.15, 0.2) is 0 Å². The highest BCUT2D eigenvalue weighted by molar-refractivity contribution is 5.56. The Labute approximate surface area is 147 Å². The summed E-state index contributed by atoms with van der Waals surface area (Å²) in [7, 11) is 0. The molecule has 3 unspecified atom stereocenters. The number of nitrogens with zero attached hydrogens (tertiary/aromatic N) is 4. The average Bonchev–Trinajstić information content (AvgIpc) is 3.25. The van der Waals surface area contributed by atoms with E-state index in [4.69, 9.17) is 4.74 Å². The van der Waals surface area contributed by atoms with Gasteiger partial charge in [0, 0.05) is 24.2 Å². The van der Waals surface area contributed by atoms with Crippen molar-refractivity contribution < 1.29 is 9.84 Å². The minimum atomic E-state index is -0.153. The number of aliphatic hydroxyl groups is 1. The van der Waals surface area contributed by atoms with Gasteiger partial charge in [-0.3, -0.25) is 4.90 Å². The molecular weight excluding hydrogens is 318 g/mol. The van der Waals surface area contributed by atoms with Crippen LogP contribution in [0.2, 0.25) is 0 Å². The maximum Gasteiger partial charge on any atom is 0.204 e. The second-order valence-corrected chi connectivity index (χ2v) is 7.00. The third kappa shape index (κ3) is 3.67. The highest BCUT2D eigenvalue weighted by atomic mass is 16.5.